The summed E-state index contributed by atoms with van der Waals surface area (Å²) in [7, 11) is 2.81. The molecule has 1 aromatic carbocycles. The number of carbonyl (C=O) groups is 3. The molecule has 0 aliphatic rings. The number of nitrogens with one attached hydrogen (secondary N) is 2. The average Bonchev–Trinajstić information content (AvgIpc) is 2.56. The van der Waals surface area contributed by atoms with Gasteiger partial charge in [0.2, 0.25) is 5.91 Å². The first-order valence-electron chi connectivity index (χ1n) is 7.91. The van der Waals surface area contributed by atoms with Gasteiger partial charge in [0.15, 0.2) is 11.5 Å². The van der Waals surface area contributed by atoms with Gasteiger partial charge in [0.1, 0.15) is 6.04 Å². The summed E-state index contributed by atoms with van der Waals surface area (Å²) >= 11 is 0. The van der Waals surface area contributed by atoms with Gasteiger partial charge in [-0.15, -0.1) is 0 Å². The maximum absolute atomic E-state index is 12.4. The normalized spacial score (nSPS) is 11.4. The van der Waals surface area contributed by atoms with Crippen LogP contribution in [0.15, 0.2) is 12.1 Å². The van der Waals surface area contributed by atoms with Crippen LogP contribution in [-0.4, -0.2) is 43.2 Å². The summed E-state index contributed by atoms with van der Waals surface area (Å²) in [5, 5.41) is 14.3. The molecule has 0 saturated carbocycles. The monoisotopic (exact) mass is 352 g/mol. The van der Waals surface area contributed by atoms with Crippen LogP contribution in [-0.2, 0) is 9.59 Å². The molecule has 0 aliphatic heterocycles. The molecule has 8 heteroatoms. The van der Waals surface area contributed by atoms with Gasteiger partial charge < -0.3 is 25.2 Å². The van der Waals surface area contributed by atoms with Gasteiger partial charge in [-0.1, -0.05) is 19.8 Å². The largest absolute Gasteiger partial charge is 0.493 e. The first-order chi connectivity index (χ1) is 11.8. The number of carboxylic acid groups (broad SMARTS) is 1. The lowest BCUT2D eigenvalue weighted by Crippen LogP contribution is -2.40. The Hall–Kier alpha value is -2.77. The van der Waals surface area contributed by atoms with Crippen molar-refractivity contribution < 1.29 is 29.0 Å². The van der Waals surface area contributed by atoms with Crippen LogP contribution in [0.2, 0.25) is 0 Å². The van der Waals surface area contributed by atoms with Crippen molar-refractivity contribution in [2.24, 2.45) is 0 Å². The minimum absolute atomic E-state index is 0.157. The fraction of sp³-hybridized carbons (Fsp3) is 0.471. The Bertz CT molecular complexity index is 644. The molecule has 0 fully saturated rings. The number of unbranched alkanes of at least 4 members (excludes halogenated alkanes) is 1. The number of hydrogen-bond acceptors (Lipinski definition) is 5. The van der Waals surface area contributed by atoms with Gasteiger partial charge in [-0.2, -0.15) is 0 Å². The second kappa shape index (κ2) is 9.51. The van der Waals surface area contributed by atoms with E-state index in [1.807, 2.05) is 6.92 Å². The first kappa shape index (κ1) is 20.3. The Balaban J connectivity index is 3.15. The number of carboxylic acids is 1. The highest BCUT2D eigenvalue weighted by molar-refractivity contribution is 6.00. The van der Waals surface area contributed by atoms with Crippen molar-refractivity contribution in [3.8, 4) is 11.5 Å². The second-order valence-corrected chi connectivity index (χ2v) is 5.45. The van der Waals surface area contributed by atoms with Crippen LogP contribution in [0.3, 0.4) is 0 Å². The Labute approximate surface area is 146 Å². The molecule has 1 rings (SSSR count). The molecule has 8 nitrogen and oxygen atoms in total. The van der Waals surface area contributed by atoms with Gasteiger partial charge in [0, 0.05) is 12.5 Å². The molecule has 0 heterocycles. The van der Waals surface area contributed by atoms with Gasteiger partial charge in [-0.3, -0.25) is 9.59 Å². The molecule has 3 N–H and O–H groups in total. The molecular formula is C17H24N2O6. The van der Waals surface area contributed by atoms with Crippen molar-refractivity contribution in [1.29, 1.82) is 0 Å². The van der Waals surface area contributed by atoms with Crippen LogP contribution in [0.1, 0.15) is 43.5 Å². The Kier molecular flexibility index (Phi) is 7.71. The van der Waals surface area contributed by atoms with Gasteiger partial charge in [-0.05, 0) is 18.6 Å². The standard InChI is InChI=1S/C17H24N2O6/c1-5-6-7-12(17(22)23)19-16(21)11-8-13(18-10(2)20)15(25-4)14(9-11)24-3/h8-9,12H,5-7H2,1-4H3,(H,18,20)(H,19,21)(H,22,23)/t12-/m0/s1. The van der Waals surface area contributed by atoms with Crippen molar-refractivity contribution in [3.63, 3.8) is 0 Å². The Morgan fingerprint density at radius 2 is 1.88 bits per heavy atom. The zero-order valence-corrected chi connectivity index (χ0v) is 14.8. The number of benzene rings is 1. The molecule has 0 bridgehead atoms. The maximum atomic E-state index is 12.4. The second-order valence-electron chi connectivity index (χ2n) is 5.45. The van der Waals surface area contributed by atoms with Crippen LogP contribution in [0, 0.1) is 0 Å². The third-order valence-electron chi connectivity index (χ3n) is 3.50. The summed E-state index contributed by atoms with van der Waals surface area (Å²) in [6.45, 7) is 3.26. The van der Waals surface area contributed by atoms with E-state index in [2.05, 4.69) is 10.6 Å². The number of rotatable bonds is 9. The van der Waals surface area contributed by atoms with Crippen molar-refractivity contribution in [3.05, 3.63) is 17.7 Å². The zero-order chi connectivity index (χ0) is 19.0. The molecule has 0 unspecified atom stereocenters. The quantitative estimate of drug-likeness (QED) is 0.627. The van der Waals surface area contributed by atoms with Gasteiger partial charge in [0.05, 0.1) is 19.9 Å². The van der Waals surface area contributed by atoms with Crippen LogP contribution in [0.25, 0.3) is 0 Å². The molecule has 0 aliphatic carbocycles. The highest BCUT2D eigenvalue weighted by Gasteiger charge is 2.22. The van der Waals surface area contributed by atoms with Gasteiger partial charge >= 0.3 is 5.97 Å². The number of ether oxygens (including phenoxy) is 2. The molecule has 25 heavy (non-hydrogen) atoms. The van der Waals surface area contributed by atoms with Crippen molar-refractivity contribution in [2.45, 2.75) is 39.2 Å². The number of aliphatic carboxylic acids is 1. The van der Waals surface area contributed by atoms with E-state index in [4.69, 9.17) is 9.47 Å². The highest BCUT2D eigenvalue weighted by Crippen LogP contribution is 2.36. The van der Waals surface area contributed by atoms with Gasteiger partial charge in [-0.25, -0.2) is 4.79 Å². The summed E-state index contributed by atoms with van der Waals surface area (Å²) in [6, 6.07) is 1.86. The van der Waals surface area contributed by atoms with Crippen LogP contribution in [0.4, 0.5) is 5.69 Å². The van der Waals surface area contributed by atoms with Crippen molar-refractivity contribution in [1.82, 2.24) is 5.32 Å². The predicted molar refractivity (Wildman–Crippen MR) is 92.3 cm³/mol. The summed E-state index contributed by atoms with van der Waals surface area (Å²) < 4.78 is 10.4. The fourth-order valence-electron chi connectivity index (χ4n) is 2.29. The summed E-state index contributed by atoms with van der Waals surface area (Å²) in [5.74, 6) is -1.49. The van der Waals surface area contributed by atoms with E-state index in [0.717, 1.165) is 6.42 Å². The smallest absolute Gasteiger partial charge is 0.326 e. The first-order valence-corrected chi connectivity index (χ1v) is 7.91. The number of anilines is 1. The van der Waals surface area contributed by atoms with Crippen molar-refractivity contribution >= 4 is 23.5 Å². The summed E-state index contributed by atoms with van der Waals surface area (Å²) in [5.41, 5.74) is 0.420. The predicted octanol–water partition coefficient (Wildman–Crippen LogP) is 2.04. The molecular weight excluding hydrogens is 328 g/mol. The van der Waals surface area contributed by atoms with Crippen LogP contribution in [0.5, 0.6) is 11.5 Å². The van der Waals surface area contributed by atoms with Crippen LogP contribution >= 0.6 is 0 Å². The molecule has 1 atom stereocenters. The molecule has 138 valence electrons. The van der Waals surface area contributed by atoms with Gasteiger partial charge in [0.25, 0.3) is 5.91 Å². The third kappa shape index (κ3) is 5.66. The van der Waals surface area contributed by atoms with E-state index in [0.29, 0.717) is 12.8 Å². The van der Waals surface area contributed by atoms with E-state index >= 15 is 0 Å². The molecule has 0 radical (unpaired) electrons. The highest BCUT2D eigenvalue weighted by atomic mass is 16.5. The molecule has 0 spiro atoms. The van der Waals surface area contributed by atoms with E-state index in [9.17, 15) is 19.5 Å². The summed E-state index contributed by atoms with van der Waals surface area (Å²) in [4.78, 5) is 35.1. The van der Waals surface area contributed by atoms with Crippen molar-refractivity contribution in [2.75, 3.05) is 19.5 Å². The topological polar surface area (TPSA) is 114 Å². The van der Waals surface area contributed by atoms with E-state index < -0.39 is 17.9 Å². The molecule has 2 amide bonds. The molecule has 0 aromatic heterocycles. The van der Waals surface area contributed by atoms with E-state index in [-0.39, 0.29) is 28.7 Å². The minimum atomic E-state index is -1.09. The fourth-order valence-corrected chi connectivity index (χ4v) is 2.29. The third-order valence-corrected chi connectivity index (χ3v) is 3.50. The zero-order valence-electron chi connectivity index (χ0n) is 14.8. The Morgan fingerprint density at radius 3 is 2.36 bits per heavy atom. The number of amides is 2. The molecule has 1 aromatic rings. The lowest BCUT2D eigenvalue weighted by molar-refractivity contribution is -0.139. The van der Waals surface area contributed by atoms with E-state index in [1.54, 1.807) is 0 Å². The summed E-state index contributed by atoms with van der Waals surface area (Å²) in [6.07, 6.45) is 1.84. The average molecular weight is 352 g/mol. The SMILES string of the molecule is CCCC[C@H](NC(=O)c1cc(NC(C)=O)c(OC)c(OC)c1)C(=O)O. The van der Waals surface area contributed by atoms with E-state index in [1.165, 1.54) is 33.3 Å². The Morgan fingerprint density at radius 1 is 1.20 bits per heavy atom. The van der Waals surface area contributed by atoms with Crippen LogP contribution < -0.4 is 20.1 Å². The number of hydrogen-bond donors (Lipinski definition) is 3. The lowest BCUT2D eigenvalue weighted by Gasteiger charge is -2.17. The minimum Gasteiger partial charge on any atom is -0.493 e. The number of methoxy groups -OCH3 is 2. The number of carbonyl (C=O) groups excluding carboxylic acids is 2. The molecule has 0 saturated heterocycles. The maximum Gasteiger partial charge on any atom is 0.326 e. The lowest BCUT2D eigenvalue weighted by atomic mass is 10.1.